The first-order valence-electron chi connectivity index (χ1n) is 4.13. The lowest BCUT2D eigenvalue weighted by atomic mass is 10.5. The summed E-state index contributed by atoms with van der Waals surface area (Å²) >= 11 is 0. The van der Waals surface area contributed by atoms with E-state index in [0.29, 0.717) is 5.82 Å². The number of nitrogens with zero attached hydrogens (tertiary/aromatic N) is 1. The van der Waals surface area contributed by atoms with Gasteiger partial charge in [-0.1, -0.05) is 13.8 Å². The molecule has 0 fully saturated rings. The summed E-state index contributed by atoms with van der Waals surface area (Å²) in [6.07, 6.45) is 0. The normalized spacial score (nSPS) is 8.62. The standard InChI is InChI=1S/C6H9N3O2.C2H6/c1-7-4-3-5(10)8-6(11)9(4)2;1-2/h3,7H,1-2H3,(H,8,10,11);1-2H3. The third-order valence-corrected chi connectivity index (χ3v) is 1.42. The van der Waals surface area contributed by atoms with Crippen molar-refractivity contribution in [3.63, 3.8) is 0 Å². The number of hydrogen-bond donors (Lipinski definition) is 2. The minimum absolute atomic E-state index is 0.391. The lowest BCUT2D eigenvalue weighted by Gasteiger charge is -2.03. The molecule has 0 aliphatic rings. The van der Waals surface area contributed by atoms with Gasteiger partial charge in [0.05, 0.1) is 0 Å². The van der Waals surface area contributed by atoms with Crippen LogP contribution in [0.15, 0.2) is 15.7 Å². The number of nitrogens with one attached hydrogen (secondary N) is 2. The van der Waals surface area contributed by atoms with Gasteiger partial charge in [0.25, 0.3) is 5.56 Å². The maximum Gasteiger partial charge on any atom is 0.329 e. The number of rotatable bonds is 1. The Morgan fingerprint density at radius 3 is 2.38 bits per heavy atom. The zero-order chi connectivity index (χ0) is 10.4. The van der Waals surface area contributed by atoms with Gasteiger partial charge in [0.2, 0.25) is 0 Å². The van der Waals surface area contributed by atoms with Crippen molar-refractivity contribution in [2.45, 2.75) is 13.8 Å². The van der Waals surface area contributed by atoms with E-state index in [-0.39, 0.29) is 0 Å². The van der Waals surface area contributed by atoms with Gasteiger partial charge in [-0.25, -0.2) is 4.79 Å². The van der Waals surface area contributed by atoms with E-state index in [4.69, 9.17) is 0 Å². The van der Waals surface area contributed by atoms with Crippen LogP contribution in [0.4, 0.5) is 5.82 Å². The van der Waals surface area contributed by atoms with Crippen molar-refractivity contribution in [3.05, 3.63) is 26.9 Å². The molecule has 0 radical (unpaired) electrons. The van der Waals surface area contributed by atoms with Gasteiger partial charge in [0, 0.05) is 20.2 Å². The Hall–Kier alpha value is -1.52. The number of hydrogen-bond acceptors (Lipinski definition) is 3. The Kier molecular flexibility index (Phi) is 4.58. The Morgan fingerprint density at radius 1 is 1.38 bits per heavy atom. The predicted molar refractivity (Wildman–Crippen MR) is 53.2 cm³/mol. The molecule has 1 rings (SSSR count). The van der Waals surface area contributed by atoms with E-state index in [1.54, 1.807) is 14.1 Å². The van der Waals surface area contributed by atoms with Crippen LogP contribution >= 0.6 is 0 Å². The van der Waals surface area contributed by atoms with Crippen LogP contribution in [-0.4, -0.2) is 16.6 Å². The number of anilines is 1. The monoisotopic (exact) mass is 185 g/mol. The number of aromatic nitrogens is 2. The molecule has 1 heterocycles. The van der Waals surface area contributed by atoms with Crippen LogP contribution in [0.1, 0.15) is 13.8 Å². The predicted octanol–water partition coefficient (Wildman–Crippen LogP) is 0.141. The Morgan fingerprint density at radius 2 is 1.92 bits per heavy atom. The summed E-state index contributed by atoms with van der Waals surface area (Å²) in [7, 11) is 3.22. The topological polar surface area (TPSA) is 66.9 Å². The first-order valence-corrected chi connectivity index (χ1v) is 4.13. The van der Waals surface area contributed by atoms with Crippen LogP contribution in [0, 0.1) is 0 Å². The van der Waals surface area contributed by atoms with Crippen LogP contribution in [0.3, 0.4) is 0 Å². The maximum atomic E-state index is 10.9. The lowest BCUT2D eigenvalue weighted by molar-refractivity contribution is 0.807. The second kappa shape index (κ2) is 5.18. The molecule has 0 aliphatic heterocycles. The van der Waals surface area contributed by atoms with Crippen LogP contribution in [0.25, 0.3) is 0 Å². The molecule has 0 aliphatic carbocycles. The maximum absolute atomic E-state index is 10.9. The summed E-state index contributed by atoms with van der Waals surface area (Å²) in [6, 6.07) is 1.32. The molecule has 0 saturated carbocycles. The first-order chi connectivity index (χ1) is 6.15. The molecule has 0 aromatic carbocycles. The van der Waals surface area contributed by atoms with E-state index in [2.05, 4.69) is 10.3 Å². The Bertz CT molecular complexity index is 364. The highest BCUT2D eigenvalue weighted by Crippen LogP contribution is 1.92. The van der Waals surface area contributed by atoms with Crippen LogP contribution in [0.5, 0.6) is 0 Å². The van der Waals surface area contributed by atoms with Crippen molar-refractivity contribution >= 4 is 5.82 Å². The molecule has 0 bridgehead atoms. The average Bonchev–Trinajstić information content (AvgIpc) is 2.14. The molecule has 1 aromatic rings. The molecule has 5 heteroatoms. The van der Waals surface area contributed by atoms with Gasteiger partial charge in [-0.3, -0.25) is 14.3 Å². The highest BCUT2D eigenvalue weighted by molar-refractivity contribution is 5.31. The highest BCUT2D eigenvalue weighted by Gasteiger charge is 1.97. The zero-order valence-electron chi connectivity index (χ0n) is 8.34. The van der Waals surface area contributed by atoms with Crippen LogP contribution < -0.4 is 16.6 Å². The molecule has 1 aromatic heterocycles. The minimum Gasteiger partial charge on any atom is -0.374 e. The molecule has 13 heavy (non-hydrogen) atoms. The molecule has 0 unspecified atom stereocenters. The second-order valence-electron chi connectivity index (χ2n) is 2.13. The lowest BCUT2D eigenvalue weighted by Crippen LogP contribution is -2.29. The summed E-state index contributed by atoms with van der Waals surface area (Å²) in [6.45, 7) is 4.00. The van der Waals surface area contributed by atoms with E-state index >= 15 is 0 Å². The molecule has 74 valence electrons. The van der Waals surface area contributed by atoms with Crippen molar-refractivity contribution < 1.29 is 0 Å². The van der Waals surface area contributed by atoms with Gasteiger partial charge in [0.1, 0.15) is 5.82 Å². The first kappa shape index (κ1) is 11.5. The van der Waals surface area contributed by atoms with Gasteiger partial charge in [-0.15, -0.1) is 0 Å². The second-order valence-corrected chi connectivity index (χ2v) is 2.13. The fraction of sp³-hybridized carbons (Fsp3) is 0.500. The third-order valence-electron chi connectivity index (χ3n) is 1.42. The molecule has 0 spiro atoms. The number of aromatic amines is 1. The molecule has 2 N–H and O–H groups in total. The summed E-state index contributed by atoms with van der Waals surface area (Å²) < 4.78 is 1.32. The van der Waals surface area contributed by atoms with Crippen molar-refractivity contribution in [2.24, 2.45) is 7.05 Å². The molecule has 0 atom stereocenters. The van der Waals surface area contributed by atoms with E-state index in [0.717, 1.165) is 0 Å². The number of H-pyrrole nitrogens is 1. The van der Waals surface area contributed by atoms with Crippen LogP contribution in [0.2, 0.25) is 0 Å². The Labute approximate surface area is 76.4 Å². The average molecular weight is 185 g/mol. The summed E-state index contributed by atoms with van der Waals surface area (Å²) in [5.41, 5.74) is -0.806. The summed E-state index contributed by atoms with van der Waals surface area (Å²) in [5.74, 6) is 0.499. The molecular formula is C8H15N3O2. The van der Waals surface area contributed by atoms with Crippen molar-refractivity contribution in [1.29, 1.82) is 0 Å². The summed E-state index contributed by atoms with van der Waals surface area (Å²) in [5, 5.41) is 2.72. The Balaban J connectivity index is 0.000000671. The fourth-order valence-corrected chi connectivity index (χ4v) is 0.796. The van der Waals surface area contributed by atoms with Gasteiger partial charge >= 0.3 is 5.69 Å². The van der Waals surface area contributed by atoms with Crippen LogP contribution in [-0.2, 0) is 7.05 Å². The zero-order valence-corrected chi connectivity index (χ0v) is 8.34. The smallest absolute Gasteiger partial charge is 0.329 e. The minimum atomic E-state index is -0.415. The van der Waals surface area contributed by atoms with E-state index in [1.807, 2.05) is 13.8 Å². The van der Waals surface area contributed by atoms with Crippen molar-refractivity contribution in [1.82, 2.24) is 9.55 Å². The van der Waals surface area contributed by atoms with E-state index < -0.39 is 11.2 Å². The highest BCUT2D eigenvalue weighted by atomic mass is 16.2. The quantitative estimate of drug-likeness (QED) is 0.654. The van der Waals surface area contributed by atoms with Gasteiger partial charge < -0.3 is 5.32 Å². The van der Waals surface area contributed by atoms with Crippen molar-refractivity contribution in [3.8, 4) is 0 Å². The van der Waals surface area contributed by atoms with Gasteiger partial charge in [-0.2, -0.15) is 0 Å². The SMILES string of the molecule is CC.CNc1cc(=O)[nH]c(=O)n1C. The molecule has 0 saturated heterocycles. The third kappa shape index (κ3) is 2.77. The van der Waals surface area contributed by atoms with Gasteiger partial charge in [0.15, 0.2) is 0 Å². The molecule has 5 nitrogen and oxygen atoms in total. The van der Waals surface area contributed by atoms with E-state index in [1.165, 1.54) is 10.6 Å². The molecular weight excluding hydrogens is 170 g/mol. The van der Waals surface area contributed by atoms with Crippen molar-refractivity contribution in [2.75, 3.05) is 12.4 Å². The van der Waals surface area contributed by atoms with Gasteiger partial charge in [-0.05, 0) is 0 Å². The van der Waals surface area contributed by atoms with E-state index in [9.17, 15) is 9.59 Å². The fourth-order valence-electron chi connectivity index (χ4n) is 0.796. The molecule has 0 amide bonds. The summed E-state index contributed by atoms with van der Waals surface area (Å²) in [4.78, 5) is 23.7. The largest absolute Gasteiger partial charge is 0.374 e.